The zero-order valence-electron chi connectivity index (χ0n) is 12.9. The van der Waals surface area contributed by atoms with E-state index in [9.17, 15) is 9.59 Å². The molecule has 22 heavy (non-hydrogen) atoms. The van der Waals surface area contributed by atoms with Gasteiger partial charge < -0.3 is 14.7 Å². The maximum atomic E-state index is 12.8. The average Bonchev–Trinajstić information content (AvgIpc) is 3.40. The Labute approximate surface area is 129 Å². The van der Waals surface area contributed by atoms with Crippen LogP contribution in [0.4, 0.5) is 5.69 Å². The number of carboxylic acid groups (broad SMARTS) is 1. The van der Waals surface area contributed by atoms with E-state index >= 15 is 0 Å². The second kappa shape index (κ2) is 5.63. The van der Waals surface area contributed by atoms with Crippen LogP contribution in [0, 0.1) is 17.8 Å². The van der Waals surface area contributed by atoms with E-state index in [-0.39, 0.29) is 17.9 Å². The van der Waals surface area contributed by atoms with Crippen LogP contribution in [0.3, 0.4) is 0 Å². The molecule has 1 aromatic carbocycles. The molecule has 2 aliphatic carbocycles. The molecule has 5 nitrogen and oxygen atoms in total. The van der Waals surface area contributed by atoms with E-state index in [0.717, 1.165) is 24.3 Å². The average molecular weight is 303 g/mol. The first kappa shape index (κ1) is 14.9. The molecule has 0 spiro atoms. The lowest BCUT2D eigenvalue weighted by Gasteiger charge is -2.30. The van der Waals surface area contributed by atoms with Gasteiger partial charge in [-0.25, -0.2) is 0 Å². The van der Waals surface area contributed by atoms with E-state index in [2.05, 4.69) is 6.92 Å². The number of hydrogen-bond donors (Lipinski definition) is 1. The molecular weight excluding hydrogens is 282 g/mol. The van der Waals surface area contributed by atoms with Crippen molar-refractivity contribution in [1.29, 1.82) is 0 Å². The molecule has 0 radical (unpaired) electrons. The monoisotopic (exact) mass is 303 g/mol. The first-order valence-electron chi connectivity index (χ1n) is 7.73. The minimum absolute atomic E-state index is 0.0584. The van der Waals surface area contributed by atoms with Crippen LogP contribution in [0.1, 0.15) is 26.2 Å². The highest BCUT2D eigenvalue weighted by Crippen LogP contribution is 2.44. The van der Waals surface area contributed by atoms with Crippen molar-refractivity contribution in [2.75, 3.05) is 12.0 Å². The predicted octanol–water partition coefficient (Wildman–Crippen LogP) is 2.55. The van der Waals surface area contributed by atoms with Crippen molar-refractivity contribution in [2.24, 2.45) is 17.8 Å². The van der Waals surface area contributed by atoms with Gasteiger partial charge in [0.05, 0.1) is 18.9 Å². The van der Waals surface area contributed by atoms with Crippen LogP contribution >= 0.6 is 0 Å². The molecule has 1 aromatic rings. The standard InChI is InChI=1S/C17H21NO4/c1-10(11-3-4-11)18(12-5-7-13(22-2)8-6-12)16(19)14-9-15(14)17(20)21/h5-8,10-11,14-15H,3-4,9H2,1-2H3,(H,20,21). The van der Waals surface area contributed by atoms with Gasteiger partial charge in [-0.05, 0) is 56.4 Å². The van der Waals surface area contributed by atoms with Crippen molar-refractivity contribution in [3.05, 3.63) is 24.3 Å². The summed E-state index contributed by atoms with van der Waals surface area (Å²) in [5.74, 6) is -0.553. The first-order valence-corrected chi connectivity index (χ1v) is 7.73. The molecule has 1 N–H and O–H groups in total. The van der Waals surface area contributed by atoms with Gasteiger partial charge >= 0.3 is 5.97 Å². The summed E-state index contributed by atoms with van der Waals surface area (Å²) >= 11 is 0. The summed E-state index contributed by atoms with van der Waals surface area (Å²) in [5, 5.41) is 9.07. The lowest BCUT2D eigenvalue weighted by atomic mass is 10.1. The van der Waals surface area contributed by atoms with Crippen LogP contribution in [0.2, 0.25) is 0 Å². The molecule has 3 unspecified atom stereocenters. The molecule has 0 aliphatic heterocycles. The third kappa shape index (κ3) is 2.80. The zero-order valence-corrected chi connectivity index (χ0v) is 12.9. The summed E-state index contributed by atoms with van der Waals surface area (Å²) in [5.41, 5.74) is 0.821. The van der Waals surface area contributed by atoms with Crippen molar-refractivity contribution in [3.8, 4) is 5.75 Å². The minimum atomic E-state index is -0.868. The van der Waals surface area contributed by atoms with Gasteiger partial charge in [-0.15, -0.1) is 0 Å². The molecule has 0 bridgehead atoms. The minimum Gasteiger partial charge on any atom is -0.497 e. The van der Waals surface area contributed by atoms with Gasteiger partial charge in [0.1, 0.15) is 5.75 Å². The summed E-state index contributed by atoms with van der Waals surface area (Å²) in [6.07, 6.45) is 2.72. The lowest BCUT2D eigenvalue weighted by molar-refractivity contribution is -0.140. The van der Waals surface area contributed by atoms with Crippen molar-refractivity contribution < 1.29 is 19.4 Å². The number of carbonyl (C=O) groups excluding carboxylic acids is 1. The molecular formula is C17H21NO4. The van der Waals surface area contributed by atoms with Crippen molar-refractivity contribution >= 4 is 17.6 Å². The van der Waals surface area contributed by atoms with E-state index < -0.39 is 11.9 Å². The summed E-state index contributed by atoms with van der Waals surface area (Å²) < 4.78 is 5.16. The quantitative estimate of drug-likeness (QED) is 0.877. The number of amides is 1. The fourth-order valence-corrected chi connectivity index (χ4v) is 3.01. The predicted molar refractivity (Wildman–Crippen MR) is 81.9 cm³/mol. The topological polar surface area (TPSA) is 66.8 Å². The van der Waals surface area contributed by atoms with Gasteiger partial charge in [-0.1, -0.05) is 0 Å². The van der Waals surface area contributed by atoms with Gasteiger partial charge in [0, 0.05) is 11.7 Å². The third-order valence-corrected chi connectivity index (χ3v) is 4.72. The largest absolute Gasteiger partial charge is 0.497 e. The number of hydrogen-bond acceptors (Lipinski definition) is 3. The second-order valence-electron chi connectivity index (χ2n) is 6.27. The summed E-state index contributed by atoms with van der Waals surface area (Å²) in [6.45, 7) is 2.05. The highest BCUT2D eigenvalue weighted by Gasteiger charge is 2.51. The summed E-state index contributed by atoms with van der Waals surface area (Å²) in [7, 11) is 1.60. The number of benzene rings is 1. The molecule has 5 heteroatoms. The highest BCUT2D eigenvalue weighted by molar-refractivity contribution is 6.00. The molecule has 3 atom stereocenters. The van der Waals surface area contributed by atoms with Crippen LogP contribution in [0.15, 0.2) is 24.3 Å². The maximum Gasteiger partial charge on any atom is 0.307 e. The van der Waals surface area contributed by atoms with Gasteiger partial charge in [0.2, 0.25) is 5.91 Å². The highest BCUT2D eigenvalue weighted by atomic mass is 16.5. The number of aliphatic carboxylic acids is 1. The number of anilines is 1. The molecule has 2 saturated carbocycles. The number of carbonyl (C=O) groups is 2. The SMILES string of the molecule is COc1ccc(N(C(=O)C2CC2C(=O)O)C(C)C2CC2)cc1. The van der Waals surface area contributed by atoms with Crippen molar-refractivity contribution in [1.82, 2.24) is 0 Å². The summed E-state index contributed by atoms with van der Waals surface area (Å²) in [6, 6.07) is 7.51. The van der Waals surface area contributed by atoms with Crippen molar-refractivity contribution in [3.63, 3.8) is 0 Å². The van der Waals surface area contributed by atoms with Gasteiger partial charge in [0.15, 0.2) is 0 Å². The normalized spacial score (nSPS) is 24.5. The molecule has 2 fully saturated rings. The Kier molecular flexibility index (Phi) is 3.81. The van der Waals surface area contributed by atoms with Crippen molar-refractivity contribution in [2.45, 2.75) is 32.2 Å². The van der Waals surface area contributed by atoms with Crippen LogP contribution < -0.4 is 9.64 Å². The van der Waals surface area contributed by atoms with Gasteiger partial charge in [0.25, 0.3) is 0 Å². The number of nitrogens with zero attached hydrogens (tertiary/aromatic N) is 1. The number of carboxylic acids is 1. The lowest BCUT2D eigenvalue weighted by Crippen LogP contribution is -2.41. The Bertz CT molecular complexity index is 579. The molecule has 0 heterocycles. The molecule has 118 valence electrons. The molecule has 1 amide bonds. The Morgan fingerprint density at radius 3 is 2.32 bits per heavy atom. The number of rotatable bonds is 6. The smallest absolute Gasteiger partial charge is 0.307 e. The Balaban J connectivity index is 1.83. The van der Waals surface area contributed by atoms with Crippen LogP contribution in [-0.4, -0.2) is 30.1 Å². The number of ether oxygens (including phenoxy) is 1. The number of methoxy groups -OCH3 is 1. The fraction of sp³-hybridized carbons (Fsp3) is 0.529. The molecule has 2 aliphatic rings. The van der Waals surface area contributed by atoms with E-state index in [1.165, 1.54) is 0 Å². The Hall–Kier alpha value is -2.04. The third-order valence-electron chi connectivity index (χ3n) is 4.72. The van der Waals surface area contributed by atoms with E-state index in [4.69, 9.17) is 9.84 Å². The van der Waals surface area contributed by atoms with Crippen LogP contribution in [0.25, 0.3) is 0 Å². The summed E-state index contributed by atoms with van der Waals surface area (Å²) in [4.78, 5) is 25.6. The fourth-order valence-electron chi connectivity index (χ4n) is 3.01. The van der Waals surface area contributed by atoms with Gasteiger partial charge in [-0.3, -0.25) is 9.59 Å². The maximum absolute atomic E-state index is 12.8. The molecule has 0 saturated heterocycles. The van der Waals surface area contributed by atoms with E-state index in [1.54, 1.807) is 12.0 Å². The first-order chi connectivity index (χ1) is 10.5. The zero-order chi connectivity index (χ0) is 15.9. The Morgan fingerprint density at radius 2 is 1.86 bits per heavy atom. The second-order valence-corrected chi connectivity index (χ2v) is 6.27. The molecule has 3 rings (SSSR count). The van der Waals surface area contributed by atoms with E-state index in [0.29, 0.717) is 12.3 Å². The van der Waals surface area contributed by atoms with Crippen LogP contribution in [-0.2, 0) is 9.59 Å². The Morgan fingerprint density at radius 1 is 1.23 bits per heavy atom. The van der Waals surface area contributed by atoms with Crippen LogP contribution in [0.5, 0.6) is 5.75 Å². The van der Waals surface area contributed by atoms with Gasteiger partial charge in [-0.2, -0.15) is 0 Å². The van der Waals surface area contributed by atoms with E-state index in [1.807, 2.05) is 24.3 Å². The molecule has 0 aromatic heterocycles.